The van der Waals surface area contributed by atoms with Crippen molar-refractivity contribution < 1.29 is 38.2 Å². The Morgan fingerprint density at radius 1 is 0.983 bits per heavy atom. The maximum atomic E-state index is 13.2. The maximum absolute atomic E-state index is 13.2. The Bertz CT molecular complexity index is 2140. The molecule has 2 aromatic carbocycles. The molecular formula is C42H52N10O8. The highest BCUT2D eigenvalue weighted by Gasteiger charge is 2.42. The van der Waals surface area contributed by atoms with Gasteiger partial charge in [0.05, 0.1) is 32.2 Å². The van der Waals surface area contributed by atoms with Crippen LogP contribution in [0.4, 0.5) is 28.8 Å². The Hall–Kier alpha value is -6.14. The number of hydrogen-bond acceptors (Lipinski definition) is 13. The Labute approximate surface area is 348 Å². The lowest BCUT2D eigenvalue weighted by atomic mass is 10.0. The highest BCUT2D eigenvalue weighted by atomic mass is 16.5. The SMILES string of the molecule is CC[C@@H]1C(=O)N(C)c2cnc(Nc3ccc(C(=O)NCCOCCNCCC(=O)Nc4cccc5c4CN(C4CCC(=O)NC4=O)C5=O)cc3OC)nc2N1C1CCCC1. The summed E-state index contributed by atoms with van der Waals surface area (Å²) in [5, 5.41) is 14.4. The summed E-state index contributed by atoms with van der Waals surface area (Å²) in [6.07, 6.45) is 7.25. The van der Waals surface area contributed by atoms with Gasteiger partial charge in [0.25, 0.3) is 11.8 Å². The molecule has 1 saturated heterocycles. The van der Waals surface area contributed by atoms with Crippen LogP contribution in [0.25, 0.3) is 0 Å². The molecule has 0 bridgehead atoms. The number of piperidine rings is 1. The van der Waals surface area contributed by atoms with Gasteiger partial charge in [0.15, 0.2) is 5.82 Å². The van der Waals surface area contributed by atoms with E-state index in [2.05, 4.69) is 36.5 Å². The number of carbonyl (C=O) groups is 6. The standard InChI is InChI=1S/C42H52N10O8/c1-4-31-41(58)50(2)33-23-45-42(49-37(33)52(31)26-8-5-6-9-26)47-30-13-12-25(22-34(30)59-3)38(55)44-19-21-60-20-18-43-17-16-36(54)46-29-11-7-10-27-28(29)24-51(40(27)57)32-14-15-35(53)48-39(32)56/h7,10-13,22-23,26,31-32,43H,4-6,8-9,14-21,24H2,1-3H3,(H,44,55)(H,46,54)(H,45,47,49)(H,48,53,56)/t31-,32?/m1/s1. The van der Waals surface area contributed by atoms with Crippen molar-refractivity contribution in [2.24, 2.45) is 0 Å². The molecule has 18 heteroatoms. The maximum Gasteiger partial charge on any atom is 0.255 e. The fraction of sp³-hybridized carbons (Fsp3) is 0.476. The highest BCUT2D eigenvalue weighted by molar-refractivity contribution is 6.07. The number of ether oxygens (including phenoxy) is 2. The van der Waals surface area contributed by atoms with Crippen LogP contribution in [0.2, 0.25) is 0 Å². The Morgan fingerprint density at radius 3 is 2.55 bits per heavy atom. The summed E-state index contributed by atoms with van der Waals surface area (Å²) in [5.41, 5.74) is 3.25. The molecule has 4 aliphatic rings. The first kappa shape index (κ1) is 42.0. The first-order valence-electron chi connectivity index (χ1n) is 20.6. The Kier molecular flexibility index (Phi) is 13.2. The molecule has 4 heterocycles. The molecule has 3 aromatic rings. The smallest absolute Gasteiger partial charge is 0.255 e. The molecule has 6 amide bonds. The molecule has 18 nitrogen and oxygen atoms in total. The third-order valence-corrected chi connectivity index (χ3v) is 11.5. The number of fused-ring (bicyclic) bond motifs is 2. The minimum Gasteiger partial charge on any atom is -0.495 e. The molecule has 60 heavy (non-hydrogen) atoms. The minimum absolute atomic E-state index is 0.0501. The van der Waals surface area contributed by atoms with E-state index in [0.717, 1.165) is 31.5 Å². The van der Waals surface area contributed by atoms with Crippen LogP contribution >= 0.6 is 0 Å². The lowest BCUT2D eigenvalue weighted by Gasteiger charge is -2.43. The number of carbonyl (C=O) groups excluding carboxylic acids is 6. The zero-order valence-electron chi connectivity index (χ0n) is 34.2. The summed E-state index contributed by atoms with van der Waals surface area (Å²) >= 11 is 0. The summed E-state index contributed by atoms with van der Waals surface area (Å²) < 4.78 is 11.3. The van der Waals surface area contributed by atoms with E-state index < -0.39 is 11.9 Å². The van der Waals surface area contributed by atoms with E-state index in [1.807, 2.05) is 6.92 Å². The summed E-state index contributed by atoms with van der Waals surface area (Å²) in [7, 11) is 3.29. The van der Waals surface area contributed by atoms with Gasteiger partial charge in [-0.05, 0) is 56.0 Å². The van der Waals surface area contributed by atoms with Crippen LogP contribution in [-0.2, 0) is 30.5 Å². The van der Waals surface area contributed by atoms with Gasteiger partial charge in [-0.2, -0.15) is 4.98 Å². The van der Waals surface area contributed by atoms with Crippen molar-refractivity contribution in [1.82, 2.24) is 30.8 Å². The predicted molar refractivity (Wildman–Crippen MR) is 222 cm³/mol. The number of benzene rings is 2. The second-order valence-corrected chi connectivity index (χ2v) is 15.3. The molecule has 318 valence electrons. The number of rotatable bonds is 17. The third kappa shape index (κ3) is 9.03. The number of anilines is 5. The second-order valence-electron chi connectivity index (χ2n) is 15.3. The number of likely N-dealkylation sites (N-methyl/N-ethyl adjacent to an activating group) is 1. The largest absolute Gasteiger partial charge is 0.495 e. The van der Waals surface area contributed by atoms with Gasteiger partial charge < -0.3 is 45.4 Å². The van der Waals surface area contributed by atoms with Crippen molar-refractivity contribution in [2.75, 3.05) is 67.4 Å². The zero-order chi connectivity index (χ0) is 42.3. The second kappa shape index (κ2) is 18.8. The predicted octanol–water partition coefficient (Wildman–Crippen LogP) is 2.86. The van der Waals surface area contributed by atoms with Gasteiger partial charge in [-0.25, -0.2) is 4.98 Å². The van der Waals surface area contributed by atoms with Gasteiger partial charge in [0.1, 0.15) is 23.5 Å². The van der Waals surface area contributed by atoms with Crippen LogP contribution in [0.15, 0.2) is 42.6 Å². The molecule has 2 atom stereocenters. The van der Waals surface area contributed by atoms with E-state index in [4.69, 9.17) is 14.5 Å². The molecule has 1 aromatic heterocycles. The monoisotopic (exact) mass is 824 g/mol. The van der Waals surface area contributed by atoms with E-state index in [1.54, 1.807) is 54.5 Å². The van der Waals surface area contributed by atoms with Crippen LogP contribution in [0.1, 0.15) is 84.6 Å². The number of imide groups is 1. The number of methoxy groups -OCH3 is 1. The van der Waals surface area contributed by atoms with Crippen LogP contribution < -0.4 is 41.1 Å². The normalized spacial score (nSPS) is 18.9. The summed E-state index contributed by atoms with van der Waals surface area (Å²) in [6, 6.07) is 9.38. The van der Waals surface area contributed by atoms with Crippen molar-refractivity contribution in [2.45, 2.75) is 83.0 Å². The average molecular weight is 825 g/mol. The molecule has 7 rings (SSSR count). The molecule has 1 unspecified atom stereocenters. The van der Waals surface area contributed by atoms with Gasteiger partial charge in [0.2, 0.25) is 29.6 Å². The van der Waals surface area contributed by atoms with Gasteiger partial charge in [-0.1, -0.05) is 25.8 Å². The number of hydrogen-bond donors (Lipinski definition) is 5. The van der Waals surface area contributed by atoms with Crippen LogP contribution in [0, 0.1) is 0 Å². The topological polar surface area (TPSA) is 217 Å². The summed E-state index contributed by atoms with van der Waals surface area (Å²) in [5.74, 6) is -0.0884. The van der Waals surface area contributed by atoms with E-state index in [9.17, 15) is 28.8 Å². The van der Waals surface area contributed by atoms with E-state index in [1.165, 1.54) is 12.0 Å². The summed E-state index contributed by atoms with van der Waals surface area (Å²) in [4.78, 5) is 90.7. The number of aromatic nitrogens is 2. The zero-order valence-corrected chi connectivity index (χ0v) is 34.2. The van der Waals surface area contributed by atoms with Crippen LogP contribution in [0.5, 0.6) is 5.75 Å². The Morgan fingerprint density at radius 2 is 1.78 bits per heavy atom. The number of nitrogens with zero attached hydrogens (tertiary/aromatic N) is 5. The molecule has 2 fully saturated rings. The first-order chi connectivity index (χ1) is 29.1. The van der Waals surface area contributed by atoms with Crippen LogP contribution in [0.3, 0.4) is 0 Å². The first-order valence-corrected chi connectivity index (χ1v) is 20.6. The molecule has 1 saturated carbocycles. The van der Waals surface area contributed by atoms with Crippen molar-refractivity contribution in [1.29, 1.82) is 0 Å². The number of amides is 6. The Balaban J connectivity index is 0.819. The van der Waals surface area contributed by atoms with Gasteiger partial charge >= 0.3 is 0 Å². The van der Waals surface area contributed by atoms with Gasteiger partial charge in [-0.3, -0.25) is 34.1 Å². The third-order valence-electron chi connectivity index (χ3n) is 11.5. The average Bonchev–Trinajstić information content (AvgIpc) is 3.90. The quantitative estimate of drug-likeness (QED) is 0.0980. The molecule has 0 radical (unpaired) electrons. The molecular weight excluding hydrogens is 773 g/mol. The molecule has 1 aliphatic carbocycles. The lowest BCUT2D eigenvalue weighted by molar-refractivity contribution is -0.137. The molecule has 5 N–H and O–H groups in total. The molecule has 0 spiro atoms. The van der Waals surface area contributed by atoms with Gasteiger partial charge in [0, 0.05) is 74.5 Å². The van der Waals surface area contributed by atoms with Crippen molar-refractivity contribution in [3.05, 3.63) is 59.3 Å². The van der Waals surface area contributed by atoms with Crippen molar-refractivity contribution in [3.8, 4) is 5.75 Å². The minimum atomic E-state index is -0.733. The highest BCUT2D eigenvalue weighted by Crippen LogP contribution is 2.40. The van der Waals surface area contributed by atoms with Crippen molar-refractivity contribution >= 4 is 64.3 Å². The van der Waals surface area contributed by atoms with E-state index >= 15 is 0 Å². The van der Waals surface area contributed by atoms with Crippen molar-refractivity contribution in [3.63, 3.8) is 0 Å². The summed E-state index contributed by atoms with van der Waals surface area (Å²) in [6.45, 7) is 4.01. The number of nitrogens with one attached hydrogen (secondary N) is 5. The fourth-order valence-corrected chi connectivity index (χ4v) is 8.33. The van der Waals surface area contributed by atoms with E-state index in [0.29, 0.717) is 71.6 Å². The van der Waals surface area contributed by atoms with Crippen LogP contribution in [-0.4, -0.2) is 115 Å². The van der Waals surface area contributed by atoms with Gasteiger partial charge in [-0.15, -0.1) is 0 Å². The fourth-order valence-electron chi connectivity index (χ4n) is 8.33. The van der Waals surface area contributed by atoms with E-state index in [-0.39, 0.29) is 80.6 Å². The molecule has 3 aliphatic heterocycles. The lowest BCUT2D eigenvalue weighted by Crippen LogP contribution is -2.55.